The number of hydrogen-bond donors (Lipinski definition) is 2. The van der Waals surface area contributed by atoms with Crippen molar-refractivity contribution in [3.8, 4) is 0 Å². The summed E-state index contributed by atoms with van der Waals surface area (Å²) in [7, 11) is 0. The zero-order valence-electron chi connectivity index (χ0n) is 16.0. The molecule has 1 heterocycles. The molecule has 0 bridgehead atoms. The minimum absolute atomic E-state index is 0.619. The van der Waals surface area contributed by atoms with Gasteiger partial charge in [0.15, 0.2) is 12.6 Å². The molecule has 8 nitrogen and oxygen atoms in total. The number of hydrogen-bond acceptors (Lipinski definition) is 6. The summed E-state index contributed by atoms with van der Waals surface area (Å²) in [6.45, 7) is 8.18. The third-order valence-corrected chi connectivity index (χ3v) is 3.86. The highest BCUT2D eigenvalue weighted by molar-refractivity contribution is 6.26. The van der Waals surface area contributed by atoms with Gasteiger partial charge < -0.3 is 24.7 Å². The molecule has 0 radical (unpaired) electrons. The first-order valence-electron chi connectivity index (χ1n) is 8.93. The Hall–Kier alpha value is -3.26. The van der Waals surface area contributed by atoms with Crippen molar-refractivity contribution in [3.63, 3.8) is 0 Å². The first-order chi connectivity index (χ1) is 13.5. The van der Waals surface area contributed by atoms with Crippen molar-refractivity contribution >= 4 is 17.7 Å². The van der Waals surface area contributed by atoms with Gasteiger partial charge in [-0.3, -0.25) is 4.98 Å². The van der Waals surface area contributed by atoms with Gasteiger partial charge in [-0.15, -0.1) is 0 Å². The minimum Gasteiger partial charge on any atom is -0.539 e. The lowest BCUT2D eigenvalue weighted by Gasteiger charge is -2.14. The highest BCUT2D eigenvalue weighted by Gasteiger charge is 2.08. The molecule has 8 heteroatoms. The summed E-state index contributed by atoms with van der Waals surface area (Å²) >= 11 is 0. The maximum absolute atomic E-state index is 9.04. The van der Waals surface area contributed by atoms with Crippen molar-refractivity contribution in [3.05, 3.63) is 66.0 Å². The van der Waals surface area contributed by atoms with E-state index in [9.17, 15) is 0 Å². The van der Waals surface area contributed by atoms with Gasteiger partial charge in [0.25, 0.3) is 0 Å². The Morgan fingerprint density at radius 2 is 1.71 bits per heavy atom. The van der Waals surface area contributed by atoms with Crippen molar-refractivity contribution in [2.75, 3.05) is 26.2 Å². The highest BCUT2D eigenvalue weighted by Crippen LogP contribution is 2.10. The number of rotatable bonds is 8. The number of carboxylic acids is 2. The third kappa shape index (κ3) is 8.41. The Morgan fingerprint density at radius 1 is 1.11 bits per heavy atom. The number of carbonyl (C=O) groups is 2. The van der Waals surface area contributed by atoms with E-state index in [1.807, 2.05) is 48.7 Å². The standard InChI is InChI=1S/C18H23N3O.C2H2O4/c1-3-21(4-2)13-14-22-20-18(16-9-6-5-7-10-16)17-11-8-12-19-15-17;3-1(4)2(5)6/h5-12,15H,3-4,13-14H2,1-2H3;(H,3,4)(H,5,6)/b20-18+;. The number of nitrogens with zero attached hydrogens (tertiary/aromatic N) is 2. The predicted octanol–water partition coefficient (Wildman–Crippen LogP) is -0.404. The van der Waals surface area contributed by atoms with Crippen LogP contribution in [0.5, 0.6) is 0 Å². The molecule has 0 unspecified atom stereocenters. The molecule has 0 saturated heterocycles. The number of nitrogens with one attached hydrogen (secondary N) is 1. The molecule has 2 aromatic rings. The van der Waals surface area contributed by atoms with E-state index in [0.29, 0.717) is 6.61 Å². The number of oxime groups is 1. The molecule has 0 fully saturated rings. The van der Waals surface area contributed by atoms with Crippen LogP contribution < -0.4 is 10.0 Å². The summed E-state index contributed by atoms with van der Waals surface area (Å²) in [5.74, 6) is -4.01. The van der Waals surface area contributed by atoms with Gasteiger partial charge in [0.1, 0.15) is 12.3 Å². The van der Waals surface area contributed by atoms with Crippen LogP contribution >= 0.6 is 0 Å². The van der Waals surface area contributed by atoms with Crippen LogP contribution in [0.3, 0.4) is 0 Å². The fourth-order valence-electron chi connectivity index (χ4n) is 2.27. The van der Waals surface area contributed by atoms with Crippen LogP contribution in [-0.2, 0) is 14.4 Å². The molecule has 0 aliphatic carbocycles. The van der Waals surface area contributed by atoms with Crippen LogP contribution in [0.2, 0.25) is 0 Å². The van der Waals surface area contributed by atoms with Gasteiger partial charge in [0.2, 0.25) is 0 Å². The molecule has 2 rings (SSSR count). The number of carboxylic acid groups (broad SMARTS) is 2. The molecule has 2 N–H and O–H groups in total. The van der Waals surface area contributed by atoms with E-state index < -0.39 is 11.9 Å². The number of pyridine rings is 1. The first kappa shape index (κ1) is 22.8. The normalized spacial score (nSPS) is 10.8. The molecule has 28 heavy (non-hydrogen) atoms. The fraction of sp³-hybridized carbons (Fsp3) is 0.300. The lowest BCUT2D eigenvalue weighted by molar-refractivity contribution is -0.896. The van der Waals surface area contributed by atoms with E-state index >= 15 is 0 Å². The summed E-state index contributed by atoms with van der Waals surface area (Å²) in [5.41, 5.74) is 2.82. The maximum Gasteiger partial charge on any atom is 0.351 e. The monoisotopic (exact) mass is 387 g/mol. The highest BCUT2D eigenvalue weighted by atomic mass is 16.6. The summed E-state index contributed by atoms with van der Waals surface area (Å²) < 4.78 is 0. The van der Waals surface area contributed by atoms with E-state index in [1.54, 1.807) is 6.20 Å². The molecular weight excluding hydrogens is 362 g/mol. The zero-order chi connectivity index (χ0) is 20.8. The van der Waals surface area contributed by atoms with Gasteiger partial charge in [-0.2, -0.15) is 0 Å². The fourth-order valence-corrected chi connectivity index (χ4v) is 2.27. The SMILES string of the molecule is CC[NH+](CC)CCO/N=C(\c1ccccc1)c1cccnc1.O=C([O-])C(=O)O. The van der Waals surface area contributed by atoms with Crippen LogP contribution in [0, 0.1) is 0 Å². The molecule has 0 saturated carbocycles. The van der Waals surface area contributed by atoms with Crippen molar-refractivity contribution < 1.29 is 29.5 Å². The topological polar surface area (TPSA) is 116 Å². The van der Waals surface area contributed by atoms with E-state index in [2.05, 4.69) is 24.0 Å². The van der Waals surface area contributed by atoms with Gasteiger partial charge >= 0.3 is 5.97 Å². The summed E-state index contributed by atoms with van der Waals surface area (Å²) in [6, 6.07) is 14.0. The molecule has 0 amide bonds. The van der Waals surface area contributed by atoms with Gasteiger partial charge in [0, 0.05) is 23.5 Å². The number of benzene rings is 1. The molecule has 0 aliphatic rings. The van der Waals surface area contributed by atoms with Crippen LogP contribution in [0.1, 0.15) is 25.0 Å². The van der Waals surface area contributed by atoms with Crippen molar-refractivity contribution in [2.24, 2.45) is 5.16 Å². The van der Waals surface area contributed by atoms with E-state index in [1.165, 1.54) is 4.90 Å². The second-order valence-electron chi connectivity index (χ2n) is 5.68. The molecule has 1 aromatic carbocycles. The number of quaternary nitrogens is 1. The second-order valence-corrected chi connectivity index (χ2v) is 5.68. The molecule has 150 valence electrons. The van der Waals surface area contributed by atoms with Gasteiger partial charge in [-0.25, -0.2) is 4.79 Å². The Morgan fingerprint density at radius 3 is 2.21 bits per heavy atom. The van der Waals surface area contributed by atoms with Crippen LogP contribution in [0.15, 0.2) is 60.0 Å². The molecule has 1 aromatic heterocycles. The Kier molecular flexibility index (Phi) is 10.6. The Bertz CT molecular complexity index is 693. The average molecular weight is 387 g/mol. The average Bonchev–Trinajstić information content (AvgIpc) is 2.72. The summed E-state index contributed by atoms with van der Waals surface area (Å²) in [6.07, 6.45) is 3.57. The Labute approximate surface area is 164 Å². The first-order valence-corrected chi connectivity index (χ1v) is 8.93. The van der Waals surface area contributed by atoms with Crippen LogP contribution in [-0.4, -0.2) is 54.0 Å². The maximum atomic E-state index is 9.04. The number of aromatic nitrogens is 1. The van der Waals surface area contributed by atoms with Crippen LogP contribution in [0.4, 0.5) is 0 Å². The lowest BCUT2D eigenvalue weighted by atomic mass is 10.0. The molecule has 0 spiro atoms. The Balaban J connectivity index is 0.000000568. The van der Waals surface area contributed by atoms with Gasteiger partial charge in [-0.1, -0.05) is 35.5 Å². The van der Waals surface area contributed by atoms with Crippen molar-refractivity contribution in [1.82, 2.24) is 4.98 Å². The van der Waals surface area contributed by atoms with E-state index in [4.69, 9.17) is 24.6 Å². The van der Waals surface area contributed by atoms with Crippen LogP contribution in [0.25, 0.3) is 0 Å². The van der Waals surface area contributed by atoms with Crippen molar-refractivity contribution in [2.45, 2.75) is 13.8 Å². The number of aliphatic carboxylic acids is 2. The van der Waals surface area contributed by atoms with E-state index in [-0.39, 0.29) is 0 Å². The molecular formula is C20H25N3O5. The zero-order valence-corrected chi connectivity index (χ0v) is 16.0. The van der Waals surface area contributed by atoms with Crippen molar-refractivity contribution in [1.29, 1.82) is 0 Å². The number of carbonyl (C=O) groups excluding carboxylic acids is 1. The van der Waals surface area contributed by atoms with E-state index in [0.717, 1.165) is 36.5 Å². The predicted molar refractivity (Wildman–Crippen MR) is 102 cm³/mol. The molecule has 0 atom stereocenters. The largest absolute Gasteiger partial charge is 0.539 e. The third-order valence-electron chi connectivity index (χ3n) is 3.86. The smallest absolute Gasteiger partial charge is 0.351 e. The van der Waals surface area contributed by atoms with Gasteiger partial charge in [-0.05, 0) is 26.0 Å². The second kappa shape index (κ2) is 13.0. The summed E-state index contributed by atoms with van der Waals surface area (Å²) in [5, 5.41) is 20.7. The minimum atomic E-state index is -2.07. The molecule has 0 aliphatic heterocycles. The summed E-state index contributed by atoms with van der Waals surface area (Å²) in [4.78, 5) is 29.3. The van der Waals surface area contributed by atoms with Gasteiger partial charge in [0.05, 0.1) is 13.1 Å². The number of likely N-dealkylation sites (N-methyl/N-ethyl adjacent to an activating group) is 1. The lowest BCUT2D eigenvalue weighted by Crippen LogP contribution is -3.11. The quantitative estimate of drug-likeness (QED) is 0.275.